The Kier molecular flexibility index (Phi) is 7.24. The average molecular weight is 337 g/mol. The fourth-order valence-corrected chi connectivity index (χ4v) is 3.63. The van der Waals surface area contributed by atoms with Gasteiger partial charge in [0.05, 0.1) is 13.2 Å². The van der Waals surface area contributed by atoms with Crippen LogP contribution in [0.15, 0.2) is 24.3 Å². The van der Waals surface area contributed by atoms with E-state index in [2.05, 4.69) is 12.1 Å². The van der Waals surface area contributed by atoms with E-state index >= 15 is 0 Å². The zero-order valence-corrected chi connectivity index (χ0v) is 15.0. The predicted molar refractivity (Wildman–Crippen MR) is 97.0 cm³/mol. The molecule has 1 fully saturated rings. The molecule has 0 radical (unpaired) electrons. The molecule has 2 rings (SSSR count). The Morgan fingerprint density at radius 2 is 2.09 bits per heavy atom. The van der Waals surface area contributed by atoms with Crippen LogP contribution in [0.4, 0.5) is 0 Å². The molecule has 1 aliphatic heterocycles. The minimum absolute atomic E-state index is 0.120. The quantitative estimate of drug-likeness (QED) is 0.831. The van der Waals surface area contributed by atoms with Crippen LogP contribution in [0.1, 0.15) is 24.8 Å². The summed E-state index contributed by atoms with van der Waals surface area (Å²) in [6, 6.07) is 7.86. The summed E-state index contributed by atoms with van der Waals surface area (Å²) in [7, 11) is 1.72. The van der Waals surface area contributed by atoms with Crippen LogP contribution in [-0.2, 0) is 11.2 Å². The van der Waals surface area contributed by atoms with Gasteiger partial charge in [-0.3, -0.25) is 4.79 Å². The van der Waals surface area contributed by atoms with Crippen LogP contribution < -0.4 is 10.5 Å². The molecular formula is C18H28N2O2S. The number of rotatable bonds is 7. The number of benzene rings is 1. The van der Waals surface area contributed by atoms with Crippen molar-refractivity contribution in [2.24, 2.45) is 11.7 Å². The number of methoxy groups -OCH3 is 1. The first-order valence-electron chi connectivity index (χ1n) is 8.31. The van der Waals surface area contributed by atoms with Gasteiger partial charge in [0.15, 0.2) is 0 Å². The van der Waals surface area contributed by atoms with Crippen molar-refractivity contribution in [1.82, 2.24) is 4.90 Å². The highest BCUT2D eigenvalue weighted by Crippen LogP contribution is 2.26. The molecule has 1 atom stereocenters. The van der Waals surface area contributed by atoms with E-state index in [9.17, 15) is 4.79 Å². The first-order chi connectivity index (χ1) is 11.2. The van der Waals surface area contributed by atoms with Crippen molar-refractivity contribution < 1.29 is 9.53 Å². The lowest BCUT2D eigenvalue weighted by Crippen LogP contribution is -2.47. The number of nitrogens with zero attached hydrogens (tertiary/aromatic N) is 1. The minimum atomic E-state index is -0.340. The number of nitrogens with two attached hydrogens (primary N) is 1. The van der Waals surface area contributed by atoms with Gasteiger partial charge < -0.3 is 15.4 Å². The molecule has 0 aliphatic carbocycles. The Bertz CT molecular complexity index is 502. The van der Waals surface area contributed by atoms with Crippen molar-refractivity contribution in [3.63, 3.8) is 0 Å². The summed E-state index contributed by atoms with van der Waals surface area (Å²) in [5, 5.41) is 0. The van der Waals surface area contributed by atoms with Crippen LogP contribution in [-0.4, -0.2) is 49.1 Å². The molecule has 0 unspecified atom stereocenters. The molecule has 1 saturated heterocycles. The van der Waals surface area contributed by atoms with Gasteiger partial charge in [-0.2, -0.15) is 11.8 Å². The Morgan fingerprint density at radius 1 is 1.39 bits per heavy atom. The number of para-hydroxylation sites is 1. The third-order valence-corrected chi connectivity index (χ3v) is 5.22. The summed E-state index contributed by atoms with van der Waals surface area (Å²) >= 11 is 1.74. The van der Waals surface area contributed by atoms with Gasteiger partial charge in [-0.05, 0) is 55.2 Å². The Balaban J connectivity index is 1.83. The summed E-state index contributed by atoms with van der Waals surface area (Å²) in [4.78, 5) is 14.3. The number of carbonyl (C=O) groups excluding carboxylic acids is 1. The Hall–Kier alpha value is -1.20. The van der Waals surface area contributed by atoms with Crippen LogP contribution in [0.2, 0.25) is 0 Å². The minimum Gasteiger partial charge on any atom is -0.496 e. The number of ether oxygens (including phenoxy) is 1. The highest BCUT2D eigenvalue weighted by Gasteiger charge is 2.26. The number of thioether (sulfide) groups is 1. The lowest BCUT2D eigenvalue weighted by atomic mass is 9.89. The Labute approximate surface area is 143 Å². The first kappa shape index (κ1) is 18.1. The molecule has 1 aliphatic rings. The molecule has 1 aromatic carbocycles. The van der Waals surface area contributed by atoms with Gasteiger partial charge >= 0.3 is 0 Å². The molecule has 1 amide bonds. The summed E-state index contributed by atoms with van der Waals surface area (Å²) in [6.07, 6.45) is 5.91. The van der Waals surface area contributed by atoms with Crippen LogP contribution in [0, 0.1) is 5.92 Å². The normalized spacial score (nSPS) is 17.1. The second-order valence-electron chi connectivity index (χ2n) is 6.17. The number of hydrogen-bond donors (Lipinski definition) is 1. The topological polar surface area (TPSA) is 55.6 Å². The van der Waals surface area contributed by atoms with Crippen LogP contribution in [0.3, 0.4) is 0 Å². The van der Waals surface area contributed by atoms with E-state index in [4.69, 9.17) is 10.5 Å². The highest BCUT2D eigenvalue weighted by atomic mass is 32.2. The van der Waals surface area contributed by atoms with Gasteiger partial charge in [0, 0.05) is 13.1 Å². The number of likely N-dealkylation sites (tertiary alicyclic amines) is 1. The molecule has 0 aromatic heterocycles. The average Bonchev–Trinajstić information content (AvgIpc) is 2.60. The lowest BCUT2D eigenvalue weighted by molar-refractivity contribution is -0.134. The largest absolute Gasteiger partial charge is 0.496 e. The van der Waals surface area contributed by atoms with E-state index < -0.39 is 0 Å². The summed E-state index contributed by atoms with van der Waals surface area (Å²) in [6.45, 7) is 1.65. The van der Waals surface area contributed by atoms with Gasteiger partial charge in [0.25, 0.3) is 0 Å². The molecule has 128 valence electrons. The van der Waals surface area contributed by atoms with Crippen LogP contribution >= 0.6 is 11.8 Å². The van der Waals surface area contributed by atoms with Crippen molar-refractivity contribution in [3.05, 3.63) is 29.8 Å². The van der Waals surface area contributed by atoms with Crippen molar-refractivity contribution in [3.8, 4) is 5.75 Å². The Morgan fingerprint density at radius 3 is 2.74 bits per heavy atom. The molecule has 2 N–H and O–H groups in total. The SMILES string of the molecule is COc1ccccc1CC1CCN(C(=O)[C@@H](N)CCSC)CC1. The van der Waals surface area contributed by atoms with Crippen molar-refractivity contribution in [1.29, 1.82) is 0 Å². The van der Waals surface area contributed by atoms with Crippen LogP contribution in [0.5, 0.6) is 5.75 Å². The van der Waals surface area contributed by atoms with Gasteiger partial charge in [0.1, 0.15) is 5.75 Å². The zero-order chi connectivity index (χ0) is 16.7. The summed E-state index contributed by atoms with van der Waals surface area (Å²) in [5.74, 6) is 2.63. The molecule has 1 aromatic rings. The standard InChI is InChI=1S/C18H28N2O2S/c1-22-17-6-4-3-5-15(17)13-14-7-10-20(11-8-14)18(21)16(19)9-12-23-2/h3-6,14,16H,7-13,19H2,1-2H3/t16-/m0/s1. The van der Waals surface area contributed by atoms with Crippen molar-refractivity contribution in [2.45, 2.75) is 31.7 Å². The molecule has 0 spiro atoms. The molecule has 0 bridgehead atoms. The van der Waals surface area contributed by atoms with Gasteiger partial charge in [-0.1, -0.05) is 18.2 Å². The third-order valence-electron chi connectivity index (χ3n) is 4.58. The van der Waals surface area contributed by atoms with Gasteiger partial charge in [-0.25, -0.2) is 0 Å². The molecular weight excluding hydrogens is 308 g/mol. The van der Waals surface area contributed by atoms with E-state index in [1.807, 2.05) is 23.3 Å². The molecule has 23 heavy (non-hydrogen) atoms. The van der Waals surface area contributed by atoms with Crippen molar-refractivity contribution in [2.75, 3.05) is 32.2 Å². The number of carbonyl (C=O) groups is 1. The van der Waals surface area contributed by atoms with E-state index in [1.54, 1.807) is 18.9 Å². The second-order valence-corrected chi connectivity index (χ2v) is 7.16. The highest BCUT2D eigenvalue weighted by molar-refractivity contribution is 7.98. The van der Waals surface area contributed by atoms with E-state index in [1.165, 1.54) is 5.56 Å². The monoisotopic (exact) mass is 336 g/mol. The van der Waals surface area contributed by atoms with E-state index in [-0.39, 0.29) is 11.9 Å². The van der Waals surface area contributed by atoms with Gasteiger partial charge in [0.2, 0.25) is 5.91 Å². The summed E-state index contributed by atoms with van der Waals surface area (Å²) in [5.41, 5.74) is 7.27. The van der Waals surface area contributed by atoms with Crippen LogP contribution in [0.25, 0.3) is 0 Å². The molecule has 1 heterocycles. The fourth-order valence-electron chi connectivity index (χ4n) is 3.14. The number of amides is 1. The number of piperidine rings is 1. The maximum atomic E-state index is 12.3. The molecule has 0 saturated carbocycles. The summed E-state index contributed by atoms with van der Waals surface area (Å²) < 4.78 is 5.43. The maximum Gasteiger partial charge on any atom is 0.239 e. The molecule has 5 heteroatoms. The second kappa shape index (κ2) is 9.18. The predicted octanol–water partition coefficient (Wildman–Crippen LogP) is 2.56. The van der Waals surface area contributed by atoms with E-state index in [0.717, 1.165) is 50.3 Å². The maximum absolute atomic E-state index is 12.3. The van der Waals surface area contributed by atoms with Crippen molar-refractivity contribution >= 4 is 17.7 Å². The third kappa shape index (κ3) is 5.15. The van der Waals surface area contributed by atoms with Gasteiger partial charge in [-0.15, -0.1) is 0 Å². The fraction of sp³-hybridized carbons (Fsp3) is 0.611. The van der Waals surface area contributed by atoms with E-state index in [0.29, 0.717) is 5.92 Å². The lowest BCUT2D eigenvalue weighted by Gasteiger charge is -2.33. The smallest absolute Gasteiger partial charge is 0.239 e. The number of hydrogen-bond acceptors (Lipinski definition) is 4. The molecule has 4 nitrogen and oxygen atoms in total. The first-order valence-corrected chi connectivity index (χ1v) is 9.70. The zero-order valence-electron chi connectivity index (χ0n) is 14.2.